The van der Waals surface area contributed by atoms with Crippen LogP contribution in [0.5, 0.6) is 0 Å². The van der Waals surface area contributed by atoms with Crippen molar-refractivity contribution in [2.45, 2.75) is 27.3 Å². The summed E-state index contributed by atoms with van der Waals surface area (Å²) in [5.74, 6) is 0. The number of rotatable bonds is 2. The van der Waals surface area contributed by atoms with Crippen LogP contribution in [-0.4, -0.2) is 30.3 Å². The Morgan fingerprint density at radius 3 is 2.27 bits per heavy atom. The Hall–Kier alpha value is -0.680. The van der Waals surface area contributed by atoms with Gasteiger partial charge in [-0.25, -0.2) is 0 Å². The molecule has 5 heteroatoms. The Bertz CT molecular complexity index is 262. The first kappa shape index (κ1) is 16.7. The van der Waals surface area contributed by atoms with Gasteiger partial charge in [-0.15, -0.1) is 0 Å². The van der Waals surface area contributed by atoms with Gasteiger partial charge < -0.3 is 9.53 Å². The number of aromatic nitrogens is 2. The molecule has 0 fully saturated rings. The number of hydrogen-bond acceptors (Lipinski definition) is 3. The van der Waals surface area contributed by atoms with E-state index in [1.165, 1.54) is 0 Å². The van der Waals surface area contributed by atoms with Crippen molar-refractivity contribution in [3.05, 3.63) is 16.4 Å². The van der Waals surface area contributed by atoms with Crippen LogP contribution in [0.3, 0.4) is 0 Å². The summed E-state index contributed by atoms with van der Waals surface area (Å²) >= 11 is 3.21. The summed E-state index contributed by atoms with van der Waals surface area (Å²) in [7, 11) is 3.25. The number of nitrogens with zero attached hydrogens (tertiary/aromatic N) is 2. The lowest BCUT2D eigenvalue weighted by atomic mass is 10.5. The smallest absolute Gasteiger partial charge is 0.141 e. The molecule has 0 aliphatic heterocycles. The fourth-order valence-corrected chi connectivity index (χ4v) is 1.25. The van der Waals surface area contributed by atoms with Crippen molar-refractivity contribution in [2.75, 3.05) is 14.2 Å². The van der Waals surface area contributed by atoms with Crippen molar-refractivity contribution in [1.82, 2.24) is 9.78 Å². The van der Waals surface area contributed by atoms with E-state index in [0.717, 1.165) is 16.6 Å². The van der Waals surface area contributed by atoms with E-state index in [-0.39, 0.29) is 0 Å². The van der Waals surface area contributed by atoms with Crippen molar-refractivity contribution in [3.8, 4) is 0 Å². The summed E-state index contributed by atoms with van der Waals surface area (Å²) in [6.07, 6.45) is 0.826. The Kier molecular flexibility index (Phi) is 12.7. The normalized spacial score (nSPS) is 8.13. The predicted octanol–water partition coefficient (Wildman–Crippen LogP) is 2.44. The second kappa shape index (κ2) is 11.4. The van der Waals surface area contributed by atoms with Crippen molar-refractivity contribution in [3.63, 3.8) is 0 Å². The summed E-state index contributed by atoms with van der Waals surface area (Å²) in [4.78, 5) is 10.1. The van der Waals surface area contributed by atoms with Gasteiger partial charge in [0.25, 0.3) is 0 Å². The first-order chi connectivity index (χ1) is 7.15. The van der Waals surface area contributed by atoms with Crippen LogP contribution >= 0.6 is 15.9 Å². The molecule has 0 amide bonds. The third-order valence-corrected chi connectivity index (χ3v) is 1.59. The molecule has 0 saturated carbocycles. The number of aryl methyl sites for hydroxylation is 1. The monoisotopic (exact) mass is 278 g/mol. The van der Waals surface area contributed by atoms with Gasteiger partial charge in [0.1, 0.15) is 10.9 Å². The van der Waals surface area contributed by atoms with E-state index in [1.807, 2.05) is 26.8 Å². The molecule has 1 aromatic rings. The van der Waals surface area contributed by atoms with Gasteiger partial charge in [0, 0.05) is 19.9 Å². The fraction of sp³-hybridized carbons (Fsp3) is 0.600. The number of methoxy groups -OCH3 is 1. The number of ether oxygens (including phenoxy) is 1. The lowest BCUT2D eigenvalue weighted by molar-refractivity contribution is -0.108. The Morgan fingerprint density at radius 1 is 1.53 bits per heavy atom. The van der Waals surface area contributed by atoms with E-state index in [9.17, 15) is 4.79 Å². The van der Waals surface area contributed by atoms with Gasteiger partial charge in [-0.3, -0.25) is 4.68 Å². The SMILES string of the molecule is CC.COC.Cc1cc(Br)nn1CC=O. The molecule has 0 radical (unpaired) electrons. The molecule has 0 bridgehead atoms. The van der Waals surface area contributed by atoms with Gasteiger partial charge in [0.2, 0.25) is 0 Å². The molecule has 0 unspecified atom stereocenters. The van der Waals surface area contributed by atoms with Crippen LogP contribution in [0.2, 0.25) is 0 Å². The van der Waals surface area contributed by atoms with Crippen molar-refractivity contribution >= 4 is 22.2 Å². The lowest BCUT2D eigenvalue weighted by Gasteiger charge is -1.94. The topological polar surface area (TPSA) is 44.1 Å². The van der Waals surface area contributed by atoms with Crippen LogP contribution < -0.4 is 0 Å². The molecule has 1 rings (SSSR count). The molecular weight excluding hydrogens is 260 g/mol. The van der Waals surface area contributed by atoms with Crippen molar-refractivity contribution < 1.29 is 9.53 Å². The average Bonchev–Trinajstić information content (AvgIpc) is 2.51. The molecule has 0 aliphatic carbocycles. The van der Waals surface area contributed by atoms with E-state index >= 15 is 0 Å². The summed E-state index contributed by atoms with van der Waals surface area (Å²) in [5, 5.41) is 4.00. The molecule has 4 nitrogen and oxygen atoms in total. The molecule has 15 heavy (non-hydrogen) atoms. The highest BCUT2D eigenvalue weighted by Crippen LogP contribution is 2.08. The van der Waals surface area contributed by atoms with E-state index in [4.69, 9.17) is 0 Å². The van der Waals surface area contributed by atoms with Crippen LogP contribution in [0.1, 0.15) is 19.5 Å². The maximum absolute atomic E-state index is 10.1. The highest BCUT2D eigenvalue weighted by Gasteiger charge is 1.98. The molecule has 0 N–H and O–H groups in total. The molecule has 1 aromatic heterocycles. The second-order valence-electron chi connectivity index (χ2n) is 2.37. The highest BCUT2D eigenvalue weighted by atomic mass is 79.9. The van der Waals surface area contributed by atoms with Gasteiger partial charge in [0.05, 0.1) is 6.54 Å². The average molecular weight is 279 g/mol. The Labute approximate surface area is 99.7 Å². The second-order valence-corrected chi connectivity index (χ2v) is 3.18. The van der Waals surface area contributed by atoms with E-state index < -0.39 is 0 Å². The zero-order valence-corrected chi connectivity index (χ0v) is 11.5. The maximum Gasteiger partial charge on any atom is 0.141 e. The van der Waals surface area contributed by atoms with E-state index in [1.54, 1.807) is 18.9 Å². The molecule has 0 saturated heterocycles. The highest BCUT2D eigenvalue weighted by molar-refractivity contribution is 9.10. The molecule has 0 aliphatic rings. The number of hydrogen-bond donors (Lipinski definition) is 0. The lowest BCUT2D eigenvalue weighted by Crippen LogP contribution is -2.02. The number of carbonyl (C=O) groups excluding carboxylic acids is 1. The summed E-state index contributed by atoms with van der Waals surface area (Å²) in [6.45, 7) is 6.23. The zero-order valence-electron chi connectivity index (χ0n) is 9.95. The molecular formula is C10H19BrN2O2. The molecule has 0 spiro atoms. The maximum atomic E-state index is 10.1. The number of carbonyl (C=O) groups is 1. The number of halogens is 1. The number of aldehydes is 1. The molecule has 88 valence electrons. The Morgan fingerprint density at radius 2 is 2.00 bits per heavy atom. The van der Waals surface area contributed by atoms with Crippen LogP contribution in [0.15, 0.2) is 10.7 Å². The molecule has 0 atom stereocenters. The van der Waals surface area contributed by atoms with Crippen molar-refractivity contribution in [1.29, 1.82) is 0 Å². The van der Waals surface area contributed by atoms with Gasteiger partial charge >= 0.3 is 0 Å². The van der Waals surface area contributed by atoms with E-state index in [0.29, 0.717) is 6.54 Å². The predicted molar refractivity (Wildman–Crippen MR) is 65.0 cm³/mol. The quantitative estimate of drug-likeness (QED) is 0.781. The van der Waals surface area contributed by atoms with Gasteiger partial charge in [-0.05, 0) is 28.9 Å². The minimum absolute atomic E-state index is 0.331. The first-order valence-electron chi connectivity index (χ1n) is 4.69. The van der Waals surface area contributed by atoms with Gasteiger partial charge in [0.15, 0.2) is 0 Å². The standard InChI is InChI=1S/C6H7BrN2O.C2H6O.C2H6/c1-5-4-6(7)8-9(5)2-3-10;1-3-2;1-2/h3-4H,2H2,1H3;1-2H3;1-2H3. The summed E-state index contributed by atoms with van der Waals surface area (Å²) in [5.41, 5.74) is 0.985. The van der Waals surface area contributed by atoms with Crippen LogP contribution in [0.25, 0.3) is 0 Å². The van der Waals surface area contributed by atoms with Crippen LogP contribution in [-0.2, 0) is 16.1 Å². The Balaban J connectivity index is 0. The molecule has 0 aromatic carbocycles. The molecule has 1 heterocycles. The van der Waals surface area contributed by atoms with Crippen LogP contribution in [0.4, 0.5) is 0 Å². The first-order valence-corrected chi connectivity index (χ1v) is 5.48. The summed E-state index contributed by atoms with van der Waals surface area (Å²) in [6, 6.07) is 1.86. The minimum Gasteiger partial charge on any atom is -0.388 e. The van der Waals surface area contributed by atoms with Gasteiger partial charge in [-0.2, -0.15) is 5.10 Å². The van der Waals surface area contributed by atoms with E-state index in [2.05, 4.69) is 25.8 Å². The minimum atomic E-state index is 0.331. The zero-order chi connectivity index (χ0) is 12.3. The van der Waals surface area contributed by atoms with Crippen molar-refractivity contribution in [2.24, 2.45) is 0 Å². The summed E-state index contributed by atoms with van der Waals surface area (Å²) < 4.78 is 6.66. The largest absolute Gasteiger partial charge is 0.388 e. The third kappa shape index (κ3) is 8.32. The van der Waals surface area contributed by atoms with Crippen LogP contribution in [0, 0.1) is 6.92 Å². The fourth-order valence-electron chi connectivity index (χ4n) is 0.725. The third-order valence-electron chi connectivity index (χ3n) is 1.20. The van der Waals surface area contributed by atoms with Gasteiger partial charge in [-0.1, -0.05) is 13.8 Å².